The van der Waals surface area contributed by atoms with E-state index in [1.807, 2.05) is 63.2 Å². The van der Waals surface area contributed by atoms with Gasteiger partial charge in [0.25, 0.3) is 0 Å². The quantitative estimate of drug-likeness (QED) is 0.454. The zero-order chi connectivity index (χ0) is 25.5. The Bertz CT molecular complexity index is 1100. The van der Waals surface area contributed by atoms with Crippen LogP contribution in [0.3, 0.4) is 0 Å². The van der Waals surface area contributed by atoms with Gasteiger partial charge in [-0.05, 0) is 69.0 Å². The number of amides is 2. The molecule has 0 aliphatic carbocycles. The van der Waals surface area contributed by atoms with E-state index in [1.54, 1.807) is 11.8 Å². The van der Waals surface area contributed by atoms with Crippen LogP contribution >= 0.6 is 15.9 Å². The molecule has 0 bridgehead atoms. The summed E-state index contributed by atoms with van der Waals surface area (Å²) < 4.78 is 27.3. The fraction of sp³-hybridized carbons (Fsp3) is 0.440. The number of halogens is 1. The first-order valence-electron chi connectivity index (χ1n) is 11.3. The van der Waals surface area contributed by atoms with Crippen LogP contribution in [0.2, 0.25) is 0 Å². The lowest BCUT2D eigenvalue weighted by atomic mass is 10.1. The summed E-state index contributed by atoms with van der Waals surface area (Å²) in [6, 6.07) is 12.6. The molecule has 0 aromatic heterocycles. The molecule has 1 atom stereocenters. The zero-order valence-corrected chi connectivity index (χ0v) is 22.9. The Labute approximate surface area is 211 Å². The number of likely N-dealkylation sites (N-methyl/N-ethyl adjacent to an activating group) is 1. The van der Waals surface area contributed by atoms with Crippen LogP contribution in [0.25, 0.3) is 0 Å². The second-order valence-electron chi connectivity index (χ2n) is 8.45. The molecule has 2 rings (SSSR count). The van der Waals surface area contributed by atoms with E-state index < -0.39 is 16.1 Å². The second-order valence-corrected chi connectivity index (χ2v) is 11.3. The molecule has 2 aromatic rings. The molecule has 2 amide bonds. The number of nitrogens with one attached hydrogen (secondary N) is 1. The summed E-state index contributed by atoms with van der Waals surface area (Å²) in [4.78, 5) is 27.3. The normalized spacial score (nSPS) is 12.2. The van der Waals surface area contributed by atoms with Gasteiger partial charge in [-0.15, -0.1) is 0 Å². The Morgan fingerprint density at radius 1 is 1.09 bits per heavy atom. The highest BCUT2D eigenvalue weighted by atomic mass is 79.9. The molecule has 1 N–H and O–H groups in total. The van der Waals surface area contributed by atoms with Crippen molar-refractivity contribution in [3.8, 4) is 0 Å². The lowest BCUT2D eigenvalue weighted by Gasteiger charge is -2.29. The molecule has 0 heterocycles. The number of hydrogen-bond donors (Lipinski definition) is 1. The van der Waals surface area contributed by atoms with Gasteiger partial charge < -0.3 is 10.2 Å². The maximum Gasteiger partial charge on any atom is 0.242 e. The van der Waals surface area contributed by atoms with Gasteiger partial charge in [-0.1, -0.05) is 40.2 Å². The molecule has 0 unspecified atom stereocenters. The van der Waals surface area contributed by atoms with Crippen LogP contribution in [0.5, 0.6) is 0 Å². The highest BCUT2D eigenvalue weighted by Crippen LogP contribution is 2.24. The minimum absolute atomic E-state index is 0.122. The first kappa shape index (κ1) is 27.9. The SMILES string of the molecule is CCNC(=O)[C@@H](C)N(Cc1ccc(Br)cc1)C(=O)CCCN(c1cc(C)ccc1C)S(C)(=O)=O. The molecule has 0 fully saturated rings. The van der Waals surface area contributed by atoms with E-state index in [0.29, 0.717) is 18.7 Å². The number of hydrogen-bond acceptors (Lipinski definition) is 4. The van der Waals surface area contributed by atoms with E-state index in [-0.39, 0.29) is 31.3 Å². The number of carbonyl (C=O) groups is 2. The van der Waals surface area contributed by atoms with E-state index in [9.17, 15) is 18.0 Å². The fourth-order valence-corrected chi connectivity index (χ4v) is 4.94. The summed E-state index contributed by atoms with van der Waals surface area (Å²) in [6.07, 6.45) is 1.63. The van der Waals surface area contributed by atoms with Crippen LogP contribution < -0.4 is 9.62 Å². The third-order valence-corrected chi connectivity index (χ3v) is 7.28. The van der Waals surface area contributed by atoms with Gasteiger partial charge in [0, 0.05) is 30.5 Å². The minimum atomic E-state index is -3.53. The Hall–Kier alpha value is -2.39. The third-order valence-electron chi connectivity index (χ3n) is 5.57. The Balaban J connectivity index is 2.18. The molecule has 0 aliphatic rings. The van der Waals surface area contributed by atoms with E-state index >= 15 is 0 Å². The summed E-state index contributed by atoms with van der Waals surface area (Å²) in [5.74, 6) is -0.419. The standard InChI is InChI=1S/C25H34BrN3O4S/c1-6-27-25(31)20(4)28(17-21-11-13-22(26)14-12-21)24(30)8-7-15-29(34(5,32)33)23-16-18(2)9-10-19(23)3/h9-14,16,20H,6-8,15,17H2,1-5H3,(H,27,31)/t20-/m1/s1. The van der Waals surface area contributed by atoms with Crippen LogP contribution in [0.4, 0.5) is 5.69 Å². The van der Waals surface area contributed by atoms with Crippen LogP contribution in [-0.2, 0) is 26.2 Å². The molecule has 2 aromatic carbocycles. The third kappa shape index (κ3) is 7.84. The molecule has 7 nitrogen and oxygen atoms in total. The van der Waals surface area contributed by atoms with Crippen molar-refractivity contribution < 1.29 is 18.0 Å². The number of sulfonamides is 1. The Morgan fingerprint density at radius 2 is 1.74 bits per heavy atom. The van der Waals surface area contributed by atoms with Gasteiger partial charge >= 0.3 is 0 Å². The summed E-state index contributed by atoms with van der Waals surface area (Å²) >= 11 is 3.41. The summed E-state index contributed by atoms with van der Waals surface area (Å²) in [5, 5.41) is 2.77. The molecule has 9 heteroatoms. The summed E-state index contributed by atoms with van der Waals surface area (Å²) in [7, 11) is -3.53. The highest BCUT2D eigenvalue weighted by molar-refractivity contribution is 9.10. The van der Waals surface area contributed by atoms with Crippen molar-refractivity contribution in [2.45, 2.75) is 53.1 Å². The van der Waals surface area contributed by atoms with Crippen molar-refractivity contribution in [3.05, 3.63) is 63.6 Å². The number of carbonyl (C=O) groups excluding carboxylic acids is 2. The molecule has 0 saturated heterocycles. The molecule has 0 saturated carbocycles. The number of benzene rings is 2. The van der Waals surface area contributed by atoms with Crippen molar-refractivity contribution in [2.75, 3.05) is 23.7 Å². The number of nitrogens with zero attached hydrogens (tertiary/aromatic N) is 2. The van der Waals surface area contributed by atoms with Crippen LogP contribution in [0.15, 0.2) is 46.9 Å². The maximum atomic E-state index is 13.2. The topological polar surface area (TPSA) is 86.8 Å². The van der Waals surface area contributed by atoms with Gasteiger partial charge in [-0.2, -0.15) is 0 Å². The smallest absolute Gasteiger partial charge is 0.242 e. The van der Waals surface area contributed by atoms with Crippen molar-refractivity contribution in [3.63, 3.8) is 0 Å². The molecule has 0 spiro atoms. The molecule has 186 valence electrons. The Morgan fingerprint density at radius 3 is 2.32 bits per heavy atom. The van der Waals surface area contributed by atoms with Crippen molar-refractivity contribution in [1.82, 2.24) is 10.2 Å². The number of rotatable bonds is 11. The van der Waals surface area contributed by atoms with E-state index in [4.69, 9.17) is 0 Å². The van der Waals surface area contributed by atoms with Crippen LogP contribution in [0, 0.1) is 13.8 Å². The number of anilines is 1. The summed E-state index contributed by atoms with van der Waals surface area (Å²) in [6.45, 7) is 8.26. The van der Waals surface area contributed by atoms with Gasteiger partial charge in [-0.3, -0.25) is 13.9 Å². The lowest BCUT2D eigenvalue weighted by molar-refractivity contribution is -0.140. The molecular formula is C25H34BrN3O4S. The van der Waals surface area contributed by atoms with Crippen LogP contribution in [0.1, 0.15) is 43.4 Å². The van der Waals surface area contributed by atoms with Crippen LogP contribution in [-0.4, -0.2) is 50.5 Å². The fourth-order valence-electron chi connectivity index (χ4n) is 3.66. The lowest BCUT2D eigenvalue weighted by Crippen LogP contribution is -2.47. The van der Waals surface area contributed by atoms with Gasteiger partial charge in [0.1, 0.15) is 6.04 Å². The molecular weight excluding hydrogens is 518 g/mol. The molecule has 34 heavy (non-hydrogen) atoms. The van der Waals surface area contributed by atoms with E-state index in [2.05, 4.69) is 21.2 Å². The molecule has 0 aliphatic heterocycles. The van der Waals surface area contributed by atoms with E-state index in [0.717, 1.165) is 21.2 Å². The van der Waals surface area contributed by atoms with E-state index in [1.165, 1.54) is 10.6 Å². The first-order chi connectivity index (χ1) is 15.9. The predicted octanol–water partition coefficient (Wildman–Crippen LogP) is 4.17. The highest BCUT2D eigenvalue weighted by Gasteiger charge is 2.26. The largest absolute Gasteiger partial charge is 0.355 e. The van der Waals surface area contributed by atoms with Crippen molar-refractivity contribution >= 4 is 43.5 Å². The average molecular weight is 553 g/mol. The minimum Gasteiger partial charge on any atom is -0.355 e. The second kappa shape index (κ2) is 12.4. The van der Waals surface area contributed by atoms with Crippen molar-refractivity contribution in [1.29, 1.82) is 0 Å². The summed E-state index contributed by atoms with van der Waals surface area (Å²) in [5.41, 5.74) is 3.34. The average Bonchev–Trinajstić information content (AvgIpc) is 2.77. The predicted molar refractivity (Wildman–Crippen MR) is 140 cm³/mol. The zero-order valence-electron chi connectivity index (χ0n) is 20.5. The first-order valence-corrected chi connectivity index (χ1v) is 13.9. The van der Waals surface area contributed by atoms with Gasteiger partial charge in [-0.25, -0.2) is 8.42 Å². The van der Waals surface area contributed by atoms with Gasteiger partial charge in [0.15, 0.2) is 0 Å². The Kier molecular flexibility index (Phi) is 10.1. The van der Waals surface area contributed by atoms with Gasteiger partial charge in [0.2, 0.25) is 21.8 Å². The van der Waals surface area contributed by atoms with Crippen molar-refractivity contribution in [2.24, 2.45) is 0 Å². The monoisotopic (exact) mass is 551 g/mol. The maximum absolute atomic E-state index is 13.2. The van der Waals surface area contributed by atoms with Gasteiger partial charge in [0.05, 0.1) is 11.9 Å². The number of aryl methyl sites for hydroxylation is 2. The molecule has 0 radical (unpaired) electrons.